The van der Waals surface area contributed by atoms with Crippen molar-refractivity contribution in [3.05, 3.63) is 65.5 Å². The van der Waals surface area contributed by atoms with Crippen molar-refractivity contribution >= 4 is 0 Å². The van der Waals surface area contributed by atoms with Crippen molar-refractivity contribution in [2.24, 2.45) is 5.84 Å². The highest BCUT2D eigenvalue weighted by atomic mass is 15.2. The van der Waals surface area contributed by atoms with Crippen molar-refractivity contribution in [1.29, 1.82) is 0 Å². The number of nitrogens with one attached hydrogen (secondary N) is 1. The molecule has 1 aliphatic rings. The van der Waals surface area contributed by atoms with Gasteiger partial charge in [-0.05, 0) is 54.4 Å². The molecule has 0 spiro atoms. The fraction of sp³-hybridized carbons (Fsp3) is 0.353. The monoisotopic (exact) mass is 267 g/mol. The summed E-state index contributed by atoms with van der Waals surface area (Å²) in [4.78, 5) is 4.15. The highest BCUT2D eigenvalue weighted by Crippen LogP contribution is 2.38. The molecule has 3 nitrogen and oxygen atoms in total. The van der Waals surface area contributed by atoms with Crippen LogP contribution in [0.4, 0.5) is 0 Å². The third kappa shape index (κ3) is 2.89. The van der Waals surface area contributed by atoms with Crippen LogP contribution in [0.1, 0.15) is 35.4 Å². The van der Waals surface area contributed by atoms with E-state index in [1.165, 1.54) is 23.1 Å². The predicted molar refractivity (Wildman–Crippen MR) is 81.2 cm³/mol. The van der Waals surface area contributed by atoms with E-state index in [-0.39, 0.29) is 0 Å². The molecule has 0 saturated heterocycles. The van der Waals surface area contributed by atoms with Gasteiger partial charge in [-0.15, -0.1) is 0 Å². The predicted octanol–water partition coefficient (Wildman–Crippen LogP) is 2.58. The van der Waals surface area contributed by atoms with Gasteiger partial charge in [0.2, 0.25) is 0 Å². The average molecular weight is 267 g/mol. The van der Waals surface area contributed by atoms with Gasteiger partial charge in [-0.1, -0.05) is 30.3 Å². The fourth-order valence-corrected chi connectivity index (χ4v) is 3.07. The molecule has 3 rings (SSSR count). The van der Waals surface area contributed by atoms with Gasteiger partial charge >= 0.3 is 0 Å². The van der Waals surface area contributed by atoms with Crippen LogP contribution in [0.5, 0.6) is 0 Å². The third-order valence-corrected chi connectivity index (χ3v) is 4.27. The Labute approximate surface area is 120 Å². The van der Waals surface area contributed by atoms with Gasteiger partial charge in [-0.25, -0.2) is 0 Å². The summed E-state index contributed by atoms with van der Waals surface area (Å²) in [6.07, 6.45) is 8.15. The zero-order valence-electron chi connectivity index (χ0n) is 11.6. The Kier molecular flexibility index (Phi) is 4.09. The minimum Gasteiger partial charge on any atom is -0.271 e. The van der Waals surface area contributed by atoms with Crippen LogP contribution in [0, 0.1) is 0 Å². The van der Waals surface area contributed by atoms with Crippen LogP contribution in [0.3, 0.4) is 0 Å². The van der Waals surface area contributed by atoms with Crippen molar-refractivity contribution in [2.75, 3.05) is 0 Å². The van der Waals surface area contributed by atoms with Gasteiger partial charge in [-0.3, -0.25) is 16.3 Å². The first-order chi connectivity index (χ1) is 9.86. The molecule has 1 aromatic heterocycles. The van der Waals surface area contributed by atoms with Gasteiger partial charge in [0.15, 0.2) is 0 Å². The highest BCUT2D eigenvalue weighted by Gasteiger charge is 2.27. The molecule has 1 heterocycles. The first-order valence-corrected chi connectivity index (χ1v) is 7.29. The van der Waals surface area contributed by atoms with Gasteiger partial charge in [0.05, 0.1) is 0 Å². The van der Waals surface area contributed by atoms with Crippen LogP contribution in [0.2, 0.25) is 0 Å². The second kappa shape index (κ2) is 6.16. The molecule has 0 amide bonds. The van der Waals surface area contributed by atoms with Gasteiger partial charge in [-0.2, -0.15) is 0 Å². The first kappa shape index (κ1) is 13.3. The summed E-state index contributed by atoms with van der Waals surface area (Å²) in [7, 11) is 0. The number of hydrogen-bond acceptors (Lipinski definition) is 3. The Bertz CT molecular complexity index is 553. The molecule has 3 heteroatoms. The van der Waals surface area contributed by atoms with Crippen molar-refractivity contribution in [3.8, 4) is 0 Å². The van der Waals surface area contributed by atoms with Crippen molar-refractivity contribution in [1.82, 2.24) is 10.4 Å². The molecule has 104 valence electrons. The van der Waals surface area contributed by atoms with E-state index in [1.807, 2.05) is 18.5 Å². The van der Waals surface area contributed by atoms with Crippen LogP contribution in [-0.2, 0) is 12.8 Å². The van der Waals surface area contributed by atoms with Gasteiger partial charge in [0.1, 0.15) is 0 Å². The number of benzene rings is 1. The van der Waals surface area contributed by atoms with Crippen LogP contribution < -0.4 is 11.3 Å². The van der Waals surface area contributed by atoms with Gasteiger partial charge in [0.25, 0.3) is 0 Å². The smallest absolute Gasteiger partial charge is 0.0299 e. The summed E-state index contributed by atoms with van der Waals surface area (Å²) in [5, 5.41) is 0. The fourth-order valence-electron chi connectivity index (χ4n) is 3.07. The summed E-state index contributed by atoms with van der Waals surface area (Å²) < 4.78 is 0. The van der Waals surface area contributed by atoms with E-state index < -0.39 is 0 Å². The maximum absolute atomic E-state index is 5.72. The Morgan fingerprint density at radius 3 is 2.90 bits per heavy atom. The number of aromatic nitrogens is 1. The molecular weight excluding hydrogens is 246 g/mol. The number of nitrogens with zero attached hydrogens (tertiary/aromatic N) is 1. The van der Waals surface area contributed by atoms with E-state index in [9.17, 15) is 0 Å². The van der Waals surface area contributed by atoms with Crippen LogP contribution in [0.25, 0.3) is 0 Å². The van der Waals surface area contributed by atoms with Crippen LogP contribution >= 0.6 is 0 Å². The number of hydrogen-bond donors (Lipinski definition) is 2. The molecule has 0 aliphatic heterocycles. The second-order valence-electron chi connectivity index (χ2n) is 5.60. The summed E-state index contributed by atoms with van der Waals surface area (Å²) in [6.45, 7) is 0. The quantitative estimate of drug-likeness (QED) is 0.625. The van der Waals surface area contributed by atoms with E-state index in [0.29, 0.717) is 12.0 Å². The molecule has 0 bridgehead atoms. The average Bonchev–Trinajstić information content (AvgIpc) is 2.49. The van der Waals surface area contributed by atoms with E-state index in [1.54, 1.807) is 0 Å². The second-order valence-corrected chi connectivity index (χ2v) is 5.60. The molecule has 2 aromatic rings. The Balaban J connectivity index is 1.54. The lowest BCUT2D eigenvalue weighted by Gasteiger charge is -2.33. The number of rotatable bonds is 6. The topological polar surface area (TPSA) is 50.9 Å². The SMILES string of the molecule is NNC(CCc1cccnc1)CC1Cc2ccccc21. The first-order valence-electron chi connectivity index (χ1n) is 7.29. The number of fused-ring (bicyclic) bond motifs is 1. The summed E-state index contributed by atoms with van der Waals surface area (Å²) in [5.74, 6) is 6.39. The number of nitrogens with two attached hydrogens (primary N) is 1. The van der Waals surface area contributed by atoms with E-state index in [0.717, 1.165) is 19.3 Å². The van der Waals surface area contributed by atoms with E-state index >= 15 is 0 Å². The zero-order chi connectivity index (χ0) is 13.8. The molecule has 20 heavy (non-hydrogen) atoms. The summed E-state index contributed by atoms with van der Waals surface area (Å²) >= 11 is 0. The largest absolute Gasteiger partial charge is 0.271 e. The molecule has 1 aliphatic carbocycles. The molecule has 2 atom stereocenters. The Morgan fingerprint density at radius 1 is 1.25 bits per heavy atom. The lowest BCUT2D eigenvalue weighted by atomic mass is 9.74. The molecule has 0 radical (unpaired) electrons. The Hall–Kier alpha value is -1.71. The maximum atomic E-state index is 5.72. The van der Waals surface area contributed by atoms with Crippen molar-refractivity contribution in [2.45, 2.75) is 37.6 Å². The molecule has 0 saturated carbocycles. The van der Waals surface area contributed by atoms with E-state index in [4.69, 9.17) is 5.84 Å². The lowest BCUT2D eigenvalue weighted by molar-refractivity contribution is 0.404. The normalized spacial score (nSPS) is 18.1. The molecule has 3 N–H and O–H groups in total. The van der Waals surface area contributed by atoms with E-state index in [2.05, 4.69) is 40.7 Å². The van der Waals surface area contributed by atoms with Crippen LogP contribution in [-0.4, -0.2) is 11.0 Å². The number of aryl methyl sites for hydroxylation is 1. The van der Waals surface area contributed by atoms with Crippen LogP contribution in [0.15, 0.2) is 48.8 Å². The number of hydrazine groups is 1. The standard InChI is InChI=1S/C17H21N3/c18-20-16(8-7-13-4-3-9-19-12-13)11-15-10-14-5-1-2-6-17(14)15/h1-6,9,12,15-16,20H,7-8,10-11,18H2. The summed E-state index contributed by atoms with van der Waals surface area (Å²) in [5.41, 5.74) is 7.27. The third-order valence-electron chi connectivity index (χ3n) is 4.27. The zero-order valence-corrected chi connectivity index (χ0v) is 11.6. The molecule has 1 aromatic carbocycles. The molecule has 2 unspecified atom stereocenters. The van der Waals surface area contributed by atoms with Gasteiger partial charge in [0, 0.05) is 18.4 Å². The minimum absolute atomic E-state index is 0.369. The number of pyridine rings is 1. The van der Waals surface area contributed by atoms with Crippen molar-refractivity contribution in [3.63, 3.8) is 0 Å². The summed E-state index contributed by atoms with van der Waals surface area (Å²) in [6, 6.07) is 13.2. The van der Waals surface area contributed by atoms with Gasteiger partial charge < -0.3 is 0 Å². The minimum atomic E-state index is 0.369. The maximum Gasteiger partial charge on any atom is 0.0299 e. The molecule has 0 fully saturated rings. The Morgan fingerprint density at radius 2 is 2.15 bits per heavy atom. The van der Waals surface area contributed by atoms with Crippen molar-refractivity contribution < 1.29 is 0 Å². The molecular formula is C17H21N3. The lowest BCUT2D eigenvalue weighted by Crippen LogP contribution is -2.38. The highest BCUT2D eigenvalue weighted by molar-refractivity contribution is 5.39.